The number of ether oxygens (including phenoxy) is 1. The van der Waals surface area contributed by atoms with Gasteiger partial charge in [0.2, 0.25) is 0 Å². The molecule has 1 aliphatic heterocycles. The Hall–Kier alpha value is -3.23. The van der Waals surface area contributed by atoms with Crippen LogP contribution in [0.5, 0.6) is 5.75 Å². The van der Waals surface area contributed by atoms with Crippen LogP contribution in [0.15, 0.2) is 24.3 Å². The zero-order valence-electron chi connectivity index (χ0n) is 17.0. The van der Waals surface area contributed by atoms with Crippen molar-refractivity contribution in [2.45, 2.75) is 27.4 Å². The zero-order valence-corrected chi connectivity index (χ0v) is 17.0. The van der Waals surface area contributed by atoms with Crippen LogP contribution in [0.1, 0.15) is 49.4 Å². The number of piperazine rings is 1. The molecule has 1 N–H and O–H groups in total. The van der Waals surface area contributed by atoms with Crippen LogP contribution >= 0.6 is 0 Å². The van der Waals surface area contributed by atoms with E-state index < -0.39 is 12.5 Å². The smallest absolute Gasteiger partial charge is 0.387 e. The van der Waals surface area contributed by atoms with Crippen LogP contribution in [0.3, 0.4) is 0 Å². The number of H-pyrrole nitrogens is 1. The largest absolute Gasteiger partial charge is 0.434 e. The summed E-state index contributed by atoms with van der Waals surface area (Å²) >= 11 is 0. The Morgan fingerprint density at radius 1 is 1.00 bits per heavy atom. The van der Waals surface area contributed by atoms with Crippen LogP contribution in [0.25, 0.3) is 0 Å². The Kier molecular flexibility index (Phi) is 6.19. The van der Waals surface area contributed by atoms with Crippen LogP contribution in [0.2, 0.25) is 0 Å². The molecule has 1 saturated heterocycles. The highest BCUT2D eigenvalue weighted by atomic mass is 19.3. The maximum absolute atomic E-state index is 12.9. The first-order valence-corrected chi connectivity index (χ1v) is 9.53. The molecule has 0 unspecified atom stereocenters. The van der Waals surface area contributed by atoms with E-state index in [1.54, 1.807) is 24.8 Å². The number of amides is 2. The van der Waals surface area contributed by atoms with Crippen molar-refractivity contribution < 1.29 is 27.9 Å². The summed E-state index contributed by atoms with van der Waals surface area (Å²) in [5.41, 5.74) is 2.20. The lowest BCUT2D eigenvalue weighted by Gasteiger charge is -2.35. The average Bonchev–Trinajstić information content (AvgIpc) is 3.01. The summed E-state index contributed by atoms with van der Waals surface area (Å²) in [5.74, 6) is -0.952. The van der Waals surface area contributed by atoms with E-state index in [1.807, 2.05) is 0 Å². The number of hydrogen-bond acceptors (Lipinski definition) is 4. The fourth-order valence-corrected chi connectivity index (χ4v) is 3.78. The fraction of sp³-hybridized carbons (Fsp3) is 0.381. The Morgan fingerprint density at radius 2 is 1.57 bits per heavy atom. The third-order valence-corrected chi connectivity index (χ3v) is 5.19. The molecule has 2 amide bonds. The van der Waals surface area contributed by atoms with E-state index in [4.69, 9.17) is 0 Å². The van der Waals surface area contributed by atoms with Crippen molar-refractivity contribution in [3.05, 3.63) is 52.3 Å². The summed E-state index contributed by atoms with van der Waals surface area (Å²) in [5, 5.41) is 0. The van der Waals surface area contributed by atoms with Gasteiger partial charge in [-0.25, -0.2) is 0 Å². The summed E-state index contributed by atoms with van der Waals surface area (Å²) in [6.45, 7) is 2.99. The molecule has 1 aromatic carbocycles. The summed E-state index contributed by atoms with van der Waals surface area (Å²) in [7, 11) is 0. The number of carbonyl (C=O) groups is 3. The number of aryl methyl sites for hydroxylation is 1. The number of halogens is 2. The highest BCUT2D eigenvalue weighted by Gasteiger charge is 2.29. The van der Waals surface area contributed by atoms with Crippen molar-refractivity contribution in [2.75, 3.05) is 26.2 Å². The number of aromatic amines is 1. The quantitative estimate of drug-likeness (QED) is 0.756. The molecule has 0 radical (unpaired) electrons. The predicted octanol–water partition coefficient (Wildman–Crippen LogP) is 3.03. The molecule has 1 fully saturated rings. The Morgan fingerprint density at radius 3 is 2.10 bits per heavy atom. The number of nitrogens with one attached hydrogen (secondary N) is 1. The van der Waals surface area contributed by atoms with Gasteiger partial charge in [0.25, 0.3) is 11.8 Å². The number of benzene rings is 1. The van der Waals surface area contributed by atoms with E-state index in [0.29, 0.717) is 22.5 Å². The normalized spacial score (nSPS) is 14.2. The number of alkyl halides is 2. The third-order valence-electron chi connectivity index (χ3n) is 5.19. The molecule has 1 aliphatic rings. The molecule has 7 nitrogen and oxygen atoms in total. The van der Waals surface area contributed by atoms with Gasteiger partial charge >= 0.3 is 6.61 Å². The minimum absolute atomic E-state index is 0.0551. The maximum atomic E-state index is 12.9. The average molecular weight is 419 g/mol. The van der Waals surface area contributed by atoms with Gasteiger partial charge in [0, 0.05) is 37.4 Å². The standard InChI is InChI=1S/C21H23F2N3O4/c1-12-17(14(3)27)13(2)24-18(12)20(29)26-10-8-25(9-11-26)19(28)15-6-4-5-7-16(15)30-21(22)23/h4-7,21,24H,8-11H2,1-3H3. The highest BCUT2D eigenvalue weighted by Crippen LogP contribution is 2.24. The second kappa shape index (κ2) is 8.64. The molecule has 2 aromatic rings. The van der Waals surface area contributed by atoms with Crippen molar-refractivity contribution in [3.8, 4) is 5.75 Å². The lowest BCUT2D eigenvalue weighted by molar-refractivity contribution is -0.0503. The van der Waals surface area contributed by atoms with Gasteiger partial charge in [0.05, 0.1) is 5.56 Å². The molecule has 30 heavy (non-hydrogen) atoms. The van der Waals surface area contributed by atoms with Crippen molar-refractivity contribution in [2.24, 2.45) is 0 Å². The number of ketones is 1. The monoisotopic (exact) mass is 419 g/mol. The van der Waals surface area contributed by atoms with Crippen LogP contribution in [0, 0.1) is 13.8 Å². The second-order valence-electron chi connectivity index (χ2n) is 7.14. The number of hydrogen-bond donors (Lipinski definition) is 1. The summed E-state index contributed by atoms with van der Waals surface area (Å²) in [6, 6.07) is 5.85. The molecule has 1 aromatic heterocycles. The van der Waals surface area contributed by atoms with Gasteiger partial charge in [-0.05, 0) is 38.5 Å². The molecule has 3 rings (SSSR count). The van der Waals surface area contributed by atoms with Crippen LogP contribution in [-0.2, 0) is 0 Å². The summed E-state index contributed by atoms with van der Waals surface area (Å²) < 4.78 is 29.7. The van der Waals surface area contributed by atoms with Gasteiger partial charge in [0.1, 0.15) is 11.4 Å². The second-order valence-corrected chi connectivity index (χ2v) is 7.14. The van der Waals surface area contributed by atoms with Gasteiger partial charge in [0.15, 0.2) is 5.78 Å². The number of aromatic nitrogens is 1. The number of nitrogens with zero attached hydrogens (tertiary/aromatic N) is 2. The summed E-state index contributed by atoms with van der Waals surface area (Å²) in [6.07, 6.45) is 0. The number of carbonyl (C=O) groups excluding carboxylic acids is 3. The van der Waals surface area contributed by atoms with Crippen LogP contribution in [0.4, 0.5) is 8.78 Å². The molecule has 2 heterocycles. The Balaban J connectivity index is 1.70. The molecule has 0 bridgehead atoms. The Bertz CT molecular complexity index is 979. The molecule has 9 heteroatoms. The number of rotatable bonds is 5. The lowest BCUT2D eigenvalue weighted by atomic mass is 10.1. The van der Waals surface area contributed by atoms with E-state index in [0.717, 1.165) is 0 Å². The van der Waals surface area contributed by atoms with Crippen LogP contribution < -0.4 is 4.74 Å². The number of Topliss-reactive ketones (excluding diaryl/α,β-unsaturated/α-hetero) is 1. The number of para-hydroxylation sites is 1. The van der Waals surface area contributed by atoms with Gasteiger partial charge in [-0.1, -0.05) is 12.1 Å². The summed E-state index contributed by atoms with van der Waals surface area (Å²) in [4.78, 5) is 43.6. The van der Waals surface area contributed by atoms with E-state index in [2.05, 4.69) is 9.72 Å². The fourth-order valence-electron chi connectivity index (χ4n) is 3.78. The van der Waals surface area contributed by atoms with Crippen molar-refractivity contribution in [1.29, 1.82) is 0 Å². The molecule has 0 spiro atoms. The maximum Gasteiger partial charge on any atom is 0.387 e. The molecular weight excluding hydrogens is 396 g/mol. The topological polar surface area (TPSA) is 82.7 Å². The first-order chi connectivity index (χ1) is 14.2. The van der Waals surface area contributed by atoms with Crippen molar-refractivity contribution >= 4 is 17.6 Å². The van der Waals surface area contributed by atoms with E-state index in [9.17, 15) is 23.2 Å². The molecule has 0 saturated carbocycles. The van der Waals surface area contributed by atoms with Gasteiger partial charge in [-0.2, -0.15) is 8.78 Å². The first-order valence-electron chi connectivity index (χ1n) is 9.53. The van der Waals surface area contributed by atoms with Crippen LogP contribution in [-0.4, -0.2) is 65.2 Å². The third kappa shape index (κ3) is 4.19. The van der Waals surface area contributed by atoms with Gasteiger partial charge < -0.3 is 19.5 Å². The highest BCUT2D eigenvalue weighted by molar-refractivity contribution is 6.02. The predicted molar refractivity (Wildman–Crippen MR) is 105 cm³/mol. The minimum Gasteiger partial charge on any atom is -0.434 e. The Labute approximate surface area is 172 Å². The zero-order chi connectivity index (χ0) is 22.0. The van der Waals surface area contributed by atoms with E-state index >= 15 is 0 Å². The van der Waals surface area contributed by atoms with E-state index in [1.165, 1.54) is 30.0 Å². The SMILES string of the molecule is CC(=O)c1c(C)[nH]c(C(=O)N2CCN(C(=O)c3ccccc3OC(F)F)CC2)c1C. The molecular formula is C21H23F2N3O4. The van der Waals surface area contributed by atoms with Crippen molar-refractivity contribution in [1.82, 2.24) is 14.8 Å². The minimum atomic E-state index is -3.03. The lowest BCUT2D eigenvalue weighted by Crippen LogP contribution is -2.50. The van der Waals surface area contributed by atoms with Gasteiger partial charge in [-0.3, -0.25) is 14.4 Å². The van der Waals surface area contributed by atoms with Gasteiger partial charge in [-0.15, -0.1) is 0 Å². The molecule has 0 aliphatic carbocycles. The van der Waals surface area contributed by atoms with Crippen molar-refractivity contribution in [3.63, 3.8) is 0 Å². The molecule has 0 atom stereocenters. The molecule has 160 valence electrons. The van der Waals surface area contributed by atoms with E-state index in [-0.39, 0.29) is 49.2 Å². The first kappa shape index (κ1) is 21.5.